The number of aromatic nitrogens is 1. The first-order valence-electron chi connectivity index (χ1n) is 10.3. The Morgan fingerprint density at radius 2 is 1.94 bits per heavy atom. The number of methoxy groups -OCH3 is 1. The van der Waals surface area contributed by atoms with Gasteiger partial charge in [0.25, 0.3) is 5.91 Å². The zero-order chi connectivity index (χ0) is 23.8. The van der Waals surface area contributed by atoms with Crippen molar-refractivity contribution in [1.82, 2.24) is 8.87 Å². The molecule has 0 bridgehead atoms. The predicted molar refractivity (Wildman–Crippen MR) is 121 cm³/mol. The van der Waals surface area contributed by atoms with Crippen LogP contribution in [0.25, 0.3) is 10.2 Å². The number of halogens is 1. The minimum atomic E-state index is -3.97. The molecule has 1 fully saturated rings. The summed E-state index contributed by atoms with van der Waals surface area (Å²) < 4.78 is 47.9. The van der Waals surface area contributed by atoms with Crippen molar-refractivity contribution in [3.63, 3.8) is 0 Å². The topological polar surface area (TPSA) is 98.0 Å². The molecular weight excluding hydrogens is 469 g/mol. The molecule has 1 aliphatic rings. The van der Waals surface area contributed by atoms with Crippen molar-refractivity contribution in [2.24, 2.45) is 4.99 Å². The molecule has 3 aromatic rings. The molecule has 33 heavy (non-hydrogen) atoms. The Morgan fingerprint density at radius 1 is 1.21 bits per heavy atom. The Morgan fingerprint density at radius 3 is 2.61 bits per heavy atom. The van der Waals surface area contributed by atoms with Crippen LogP contribution < -0.4 is 4.80 Å². The first kappa shape index (κ1) is 23.3. The number of esters is 1. The van der Waals surface area contributed by atoms with Gasteiger partial charge in [-0.3, -0.25) is 4.79 Å². The molecule has 2 heterocycles. The third-order valence-electron chi connectivity index (χ3n) is 5.53. The van der Waals surface area contributed by atoms with Crippen molar-refractivity contribution in [3.8, 4) is 0 Å². The standard InChI is InChI=1S/C22H22FN3O5S2/c1-3-25-17-11-6-14(21(28)31-2)13-19(17)32-22(25)24-20(27)18-5-4-12-26(18)33(29,30)16-9-7-15(23)8-10-16/h6-11,13,18H,3-5,12H2,1-2H3. The number of hydrogen-bond acceptors (Lipinski definition) is 6. The number of carbonyl (C=O) groups excluding carboxylic acids is 2. The number of fused-ring (bicyclic) bond motifs is 1. The maximum absolute atomic E-state index is 13.2. The van der Waals surface area contributed by atoms with Crippen LogP contribution in [-0.2, 0) is 26.1 Å². The highest BCUT2D eigenvalue weighted by atomic mass is 32.2. The van der Waals surface area contributed by atoms with Crippen LogP contribution in [0.4, 0.5) is 4.39 Å². The maximum Gasteiger partial charge on any atom is 0.337 e. The van der Waals surface area contributed by atoms with Gasteiger partial charge in [0.2, 0.25) is 10.0 Å². The van der Waals surface area contributed by atoms with Gasteiger partial charge in [0, 0.05) is 13.1 Å². The molecule has 4 rings (SSSR count). The monoisotopic (exact) mass is 491 g/mol. The summed E-state index contributed by atoms with van der Waals surface area (Å²) in [7, 11) is -2.66. The van der Waals surface area contributed by atoms with E-state index < -0.39 is 33.8 Å². The van der Waals surface area contributed by atoms with Gasteiger partial charge in [-0.25, -0.2) is 17.6 Å². The fraction of sp³-hybridized carbons (Fsp3) is 0.318. The zero-order valence-corrected chi connectivity index (χ0v) is 19.7. The third kappa shape index (κ3) is 4.35. The molecule has 1 aliphatic heterocycles. The van der Waals surface area contributed by atoms with Crippen molar-refractivity contribution in [1.29, 1.82) is 0 Å². The number of benzene rings is 2. The van der Waals surface area contributed by atoms with E-state index in [0.717, 1.165) is 26.7 Å². The zero-order valence-electron chi connectivity index (χ0n) is 18.0. The largest absolute Gasteiger partial charge is 0.465 e. The summed E-state index contributed by atoms with van der Waals surface area (Å²) in [5.74, 6) is -1.56. The normalized spacial score (nSPS) is 17.5. The van der Waals surface area contributed by atoms with E-state index in [4.69, 9.17) is 4.74 Å². The van der Waals surface area contributed by atoms with E-state index in [0.29, 0.717) is 29.8 Å². The SMILES string of the molecule is CCn1c(=NC(=O)C2CCCN2S(=O)(=O)c2ccc(F)cc2)sc2cc(C(=O)OC)ccc21. The summed E-state index contributed by atoms with van der Waals surface area (Å²) in [5.41, 5.74) is 1.20. The van der Waals surface area contributed by atoms with Gasteiger partial charge in [-0.1, -0.05) is 11.3 Å². The Labute approximate surface area is 194 Å². The molecule has 174 valence electrons. The van der Waals surface area contributed by atoms with Crippen LogP contribution in [0.3, 0.4) is 0 Å². The number of rotatable bonds is 5. The van der Waals surface area contributed by atoms with Crippen LogP contribution in [0.2, 0.25) is 0 Å². The second-order valence-electron chi connectivity index (χ2n) is 7.48. The molecule has 0 aliphatic carbocycles. The van der Waals surface area contributed by atoms with Crippen LogP contribution in [0.1, 0.15) is 30.1 Å². The van der Waals surface area contributed by atoms with Crippen molar-refractivity contribution in [2.75, 3.05) is 13.7 Å². The summed E-state index contributed by atoms with van der Waals surface area (Å²) in [6, 6.07) is 8.71. The summed E-state index contributed by atoms with van der Waals surface area (Å²) in [6.45, 7) is 2.63. The van der Waals surface area contributed by atoms with Crippen molar-refractivity contribution >= 4 is 43.5 Å². The van der Waals surface area contributed by atoms with E-state index >= 15 is 0 Å². The van der Waals surface area contributed by atoms with Gasteiger partial charge in [0.1, 0.15) is 11.9 Å². The fourth-order valence-corrected chi connectivity index (χ4v) is 6.68. The average molecular weight is 492 g/mol. The summed E-state index contributed by atoms with van der Waals surface area (Å²) >= 11 is 1.24. The van der Waals surface area contributed by atoms with Crippen LogP contribution in [0.5, 0.6) is 0 Å². The number of amides is 1. The van der Waals surface area contributed by atoms with Crippen LogP contribution in [0.15, 0.2) is 52.4 Å². The number of carbonyl (C=O) groups is 2. The van der Waals surface area contributed by atoms with Gasteiger partial charge in [-0.2, -0.15) is 9.30 Å². The van der Waals surface area contributed by atoms with Gasteiger partial charge < -0.3 is 9.30 Å². The number of sulfonamides is 1. The first-order valence-corrected chi connectivity index (χ1v) is 12.6. The second kappa shape index (κ2) is 9.16. The molecule has 0 spiro atoms. The lowest BCUT2D eigenvalue weighted by Crippen LogP contribution is -2.40. The molecule has 1 amide bonds. The second-order valence-corrected chi connectivity index (χ2v) is 10.4. The lowest BCUT2D eigenvalue weighted by Gasteiger charge is -2.21. The Kier molecular flexibility index (Phi) is 6.46. The van der Waals surface area contributed by atoms with Crippen LogP contribution in [-0.4, -0.2) is 48.9 Å². The molecule has 2 aromatic carbocycles. The van der Waals surface area contributed by atoms with E-state index in [1.165, 1.54) is 30.6 Å². The predicted octanol–water partition coefficient (Wildman–Crippen LogP) is 2.93. The van der Waals surface area contributed by atoms with E-state index in [-0.39, 0.29) is 11.4 Å². The van der Waals surface area contributed by atoms with Gasteiger partial charge in [-0.05, 0) is 62.2 Å². The highest BCUT2D eigenvalue weighted by molar-refractivity contribution is 7.89. The highest BCUT2D eigenvalue weighted by Gasteiger charge is 2.39. The van der Waals surface area contributed by atoms with Gasteiger partial charge in [0.05, 0.1) is 27.8 Å². The fourth-order valence-electron chi connectivity index (χ4n) is 3.89. The summed E-state index contributed by atoms with van der Waals surface area (Å²) in [4.78, 5) is 29.6. The average Bonchev–Trinajstić information content (AvgIpc) is 3.43. The van der Waals surface area contributed by atoms with Gasteiger partial charge >= 0.3 is 5.97 Å². The van der Waals surface area contributed by atoms with Crippen molar-refractivity contribution < 1.29 is 27.1 Å². The number of thiazole rings is 1. The molecule has 1 unspecified atom stereocenters. The summed E-state index contributed by atoms with van der Waals surface area (Å²) in [5, 5.41) is 0. The van der Waals surface area contributed by atoms with Crippen molar-refractivity contribution in [2.45, 2.75) is 37.2 Å². The molecule has 0 N–H and O–H groups in total. The van der Waals surface area contributed by atoms with E-state index in [2.05, 4.69) is 4.99 Å². The van der Waals surface area contributed by atoms with E-state index in [1.54, 1.807) is 18.2 Å². The lowest BCUT2D eigenvalue weighted by atomic mass is 10.2. The highest BCUT2D eigenvalue weighted by Crippen LogP contribution is 2.27. The minimum Gasteiger partial charge on any atom is -0.465 e. The summed E-state index contributed by atoms with van der Waals surface area (Å²) in [6.07, 6.45) is 0.876. The van der Waals surface area contributed by atoms with E-state index in [1.807, 2.05) is 11.5 Å². The van der Waals surface area contributed by atoms with Crippen molar-refractivity contribution in [3.05, 3.63) is 58.6 Å². The molecule has 1 atom stereocenters. The molecule has 0 radical (unpaired) electrons. The Balaban J connectivity index is 1.70. The molecule has 1 saturated heterocycles. The van der Waals surface area contributed by atoms with Crippen LogP contribution in [0, 0.1) is 5.82 Å². The Hall–Kier alpha value is -2.89. The lowest BCUT2D eigenvalue weighted by molar-refractivity contribution is -0.121. The van der Waals surface area contributed by atoms with E-state index in [9.17, 15) is 22.4 Å². The molecular formula is C22H22FN3O5S2. The maximum atomic E-state index is 13.2. The Bertz CT molecular complexity index is 1390. The van der Waals surface area contributed by atoms with Gasteiger partial charge in [-0.15, -0.1) is 0 Å². The minimum absolute atomic E-state index is 0.0653. The molecule has 8 nitrogen and oxygen atoms in total. The molecule has 11 heteroatoms. The quantitative estimate of drug-likeness (QED) is 0.511. The number of aryl methyl sites for hydroxylation is 1. The smallest absolute Gasteiger partial charge is 0.337 e. The third-order valence-corrected chi connectivity index (χ3v) is 8.50. The molecule has 1 aromatic heterocycles. The molecule has 0 saturated carbocycles. The first-order chi connectivity index (χ1) is 15.8. The van der Waals surface area contributed by atoms with Crippen LogP contribution >= 0.6 is 11.3 Å². The van der Waals surface area contributed by atoms with Gasteiger partial charge in [0.15, 0.2) is 4.80 Å². The number of hydrogen-bond donors (Lipinski definition) is 0. The number of ether oxygens (including phenoxy) is 1. The number of nitrogens with zero attached hydrogens (tertiary/aromatic N) is 3.